The first kappa shape index (κ1) is 15.2. The van der Waals surface area contributed by atoms with Crippen molar-refractivity contribution < 1.29 is 19.4 Å². The van der Waals surface area contributed by atoms with Gasteiger partial charge in [0.2, 0.25) is 5.91 Å². The molecule has 0 heterocycles. The third-order valence-corrected chi connectivity index (χ3v) is 2.58. The standard InChI is InChI=1S/C14H19NO4/c1-2-19-10-6-9-12(16)15-13(14(17)18)11-7-4-3-5-8-11/h3-5,7-8,13H,2,6,9-10H2,1H3,(H,15,16)(H,17,18)/t13-/m0/s1. The van der Waals surface area contributed by atoms with Gasteiger partial charge in [-0.2, -0.15) is 0 Å². The Morgan fingerprint density at radius 1 is 1.32 bits per heavy atom. The van der Waals surface area contributed by atoms with Crippen LogP contribution in [0.1, 0.15) is 31.4 Å². The van der Waals surface area contributed by atoms with Crippen LogP contribution < -0.4 is 5.32 Å². The highest BCUT2D eigenvalue weighted by atomic mass is 16.5. The first-order valence-corrected chi connectivity index (χ1v) is 6.30. The van der Waals surface area contributed by atoms with Gasteiger partial charge in [0.25, 0.3) is 0 Å². The molecular formula is C14H19NO4. The fraction of sp³-hybridized carbons (Fsp3) is 0.429. The largest absolute Gasteiger partial charge is 0.479 e. The average Bonchev–Trinajstić information content (AvgIpc) is 2.41. The Labute approximate surface area is 112 Å². The summed E-state index contributed by atoms with van der Waals surface area (Å²) in [5, 5.41) is 11.7. The summed E-state index contributed by atoms with van der Waals surface area (Å²) in [7, 11) is 0. The summed E-state index contributed by atoms with van der Waals surface area (Å²) >= 11 is 0. The van der Waals surface area contributed by atoms with Crippen LogP contribution in [0.2, 0.25) is 0 Å². The maximum atomic E-state index is 11.7. The van der Waals surface area contributed by atoms with E-state index in [1.54, 1.807) is 30.3 Å². The Morgan fingerprint density at radius 3 is 2.58 bits per heavy atom. The molecule has 0 saturated heterocycles. The fourth-order valence-corrected chi connectivity index (χ4v) is 1.65. The Morgan fingerprint density at radius 2 is 2.00 bits per heavy atom. The van der Waals surface area contributed by atoms with Crippen LogP contribution in [0.15, 0.2) is 30.3 Å². The maximum Gasteiger partial charge on any atom is 0.330 e. The van der Waals surface area contributed by atoms with Crippen molar-refractivity contribution in [1.82, 2.24) is 5.32 Å². The number of carbonyl (C=O) groups is 2. The van der Waals surface area contributed by atoms with Gasteiger partial charge in [0.1, 0.15) is 0 Å². The van der Waals surface area contributed by atoms with Crippen LogP contribution in [0.25, 0.3) is 0 Å². The SMILES string of the molecule is CCOCCCC(=O)N[C@H](C(=O)O)c1ccccc1. The second-order valence-corrected chi connectivity index (χ2v) is 4.05. The van der Waals surface area contributed by atoms with E-state index in [1.807, 2.05) is 6.92 Å². The van der Waals surface area contributed by atoms with Gasteiger partial charge in [0, 0.05) is 19.6 Å². The fourth-order valence-electron chi connectivity index (χ4n) is 1.65. The molecule has 0 unspecified atom stereocenters. The van der Waals surface area contributed by atoms with Crippen molar-refractivity contribution in [2.24, 2.45) is 0 Å². The Hall–Kier alpha value is -1.88. The van der Waals surface area contributed by atoms with Gasteiger partial charge in [0.05, 0.1) is 0 Å². The highest BCUT2D eigenvalue weighted by molar-refractivity contribution is 5.84. The number of rotatable bonds is 8. The van der Waals surface area contributed by atoms with E-state index < -0.39 is 12.0 Å². The molecule has 0 aliphatic carbocycles. The van der Waals surface area contributed by atoms with Crippen molar-refractivity contribution in [2.75, 3.05) is 13.2 Å². The molecule has 1 aromatic rings. The van der Waals surface area contributed by atoms with E-state index in [0.717, 1.165) is 0 Å². The van der Waals surface area contributed by atoms with Crippen molar-refractivity contribution in [2.45, 2.75) is 25.8 Å². The molecule has 104 valence electrons. The molecular weight excluding hydrogens is 246 g/mol. The molecule has 1 aromatic carbocycles. The molecule has 1 rings (SSSR count). The predicted molar refractivity (Wildman–Crippen MR) is 70.7 cm³/mol. The van der Waals surface area contributed by atoms with Gasteiger partial charge in [-0.05, 0) is 18.9 Å². The van der Waals surface area contributed by atoms with Crippen molar-refractivity contribution in [3.05, 3.63) is 35.9 Å². The zero-order valence-corrected chi connectivity index (χ0v) is 11.0. The number of carboxylic acid groups (broad SMARTS) is 1. The monoisotopic (exact) mass is 265 g/mol. The number of aliphatic carboxylic acids is 1. The number of nitrogens with one attached hydrogen (secondary N) is 1. The number of amides is 1. The molecule has 5 nitrogen and oxygen atoms in total. The first-order chi connectivity index (χ1) is 9.15. The van der Waals surface area contributed by atoms with Gasteiger partial charge in [-0.3, -0.25) is 4.79 Å². The highest BCUT2D eigenvalue weighted by Gasteiger charge is 2.21. The lowest BCUT2D eigenvalue weighted by atomic mass is 10.1. The van der Waals surface area contributed by atoms with E-state index in [0.29, 0.717) is 25.2 Å². The molecule has 0 aromatic heterocycles. The summed E-state index contributed by atoms with van der Waals surface area (Å²) in [6, 6.07) is 7.64. The molecule has 0 fully saturated rings. The van der Waals surface area contributed by atoms with E-state index >= 15 is 0 Å². The topological polar surface area (TPSA) is 75.6 Å². The summed E-state index contributed by atoms with van der Waals surface area (Å²) in [5.74, 6) is -1.35. The minimum atomic E-state index is -1.07. The zero-order valence-electron chi connectivity index (χ0n) is 11.0. The minimum Gasteiger partial charge on any atom is -0.479 e. The smallest absolute Gasteiger partial charge is 0.330 e. The van der Waals surface area contributed by atoms with Gasteiger partial charge >= 0.3 is 5.97 Å². The Kier molecular flexibility index (Phi) is 6.60. The van der Waals surface area contributed by atoms with Gasteiger partial charge in [0.15, 0.2) is 6.04 Å². The van der Waals surface area contributed by atoms with Crippen LogP contribution in [-0.2, 0) is 14.3 Å². The van der Waals surface area contributed by atoms with Crippen LogP contribution >= 0.6 is 0 Å². The van der Waals surface area contributed by atoms with Crippen LogP contribution in [-0.4, -0.2) is 30.2 Å². The van der Waals surface area contributed by atoms with Crippen LogP contribution in [0, 0.1) is 0 Å². The molecule has 5 heteroatoms. The number of carboxylic acids is 1. The molecule has 0 radical (unpaired) electrons. The molecule has 0 bridgehead atoms. The summed E-state index contributed by atoms with van der Waals surface area (Å²) in [5.41, 5.74) is 0.563. The lowest BCUT2D eigenvalue weighted by molar-refractivity contribution is -0.142. The molecule has 0 spiro atoms. The average molecular weight is 265 g/mol. The van der Waals surface area contributed by atoms with Crippen molar-refractivity contribution in [3.63, 3.8) is 0 Å². The third-order valence-electron chi connectivity index (χ3n) is 2.58. The molecule has 0 aliphatic rings. The zero-order chi connectivity index (χ0) is 14.1. The quantitative estimate of drug-likeness (QED) is 0.702. The summed E-state index contributed by atoms with van der Waals surface area (Å²) in [6.45, 7) is 3.01. The third kappa shape index (κ3) is 5.52. The predicted octanol–water partition coefficient (Wildman–Crippen LogP) is 1.75. The lowest BCUT2D eigenvalue weighted by Crippen LogP contribution is -2.33. The molecule has 19 heavy (non-hydrogen) atoms. The Bertz CT molecular complexity index is 405. The first-order valence-electron chi connectivity index (χ1n) is 6.30. The summed E-state index contributed by atoms with van der Waals surface area (Å²) < 4.78 is 5.12. The van der Waals surface area contributed by atoms with Crippen molar-refractivity contribution in [1.29, 1.82) is 0 Å². The van der Waals surface area contributed by atoms with Crippen molar-refractivity contribution in [3.8, 4) is 0 Å². The second-order valence-electron chi connectivity index (χ2n) is 4.05. The number of hydrogen-bond acceptors (Lipinski definition) is 3. The van der Waals surface area contributed by atoms with Crippen LogP contribution in [0.4, 0.5) is 0 Å². The van der Waals surface area contributed by atoms with Crippen LogP contribution in [0.3, 0.4) is 0 Å². The molecule has 1 amide bonds. The van der Waals surface area contributed by atoms with Gasteiger partial charge < -0.3 is 15.2 Å². The Balaban J connectivity index is 2.51. The molecule has 1 atom stereocenters. The maximum absolute atomic E-state index is 11.7. The molecule has 0 aliphatic heterocycles. The molecule has 0 saturated carbocycles. The van der Waals surface area contributed by atoms with E-state index in [2.05, 4.69) is 5.32 Å². The number of benzene rings is 1. The van der Waals surface area contributed by atoms with Gasteiger partial charge in [-0.15, -0.1) is 0 Å². The minimum absolute atomic E-state index is 0.261. The number of ether oxygens (including phenoxy) is 1. The second kappa shape index (κ2) is 8.26. The van der Waals surface area contributed by atoms with Crippen LogP contribution in [0.5, 0.6) is 0 Å². The van der Waals surface area contributed by atoms with E-state index in [1.165, 1.54) is 0 Å². The summed E-state index contributed by atoms with van der Waals surface area (Å²) in [6.07, 6.45) is 0.845. The normalized spacial score (nSPS) is 11.8. The lowest BCUT2D eigenvalue weighted by Gasteiger charge is -2.14. The van der Waals surface area contributed by atoms with E-state index in [9.17, 15) is 9.59 Å². The number of hydrogen-bond donors (Lipinski definition) is 2. The van der Waals surface area contributed by atoms with Crippen molar-refractivity contribution >= 4 is 11.9 Å². The summed E-state index contributed by atoms with van der Waals surface area (Å²) in [4.78, 5) is 22.8. The highest BCUT2D eigenvalue weighted by Crippen LogP contribution is 2.12. The van der Waals surface area contributed by atoms with E-state index in [4.69, 9.17) is 9.84 Å². The molecule has 2 N–H and O–H groups in total. The number of carbonyl (C=O) groups excluding carboxylic acids is 1. The van der Waals surface area contributed by atoms with Gasteiger partial charge in [-0.25, -0.2) is 4.79 Å². The van der Waals surface area contributed by atoms with E-state index in [-0.39, 0.29) is 12.3 Å². The van der Waals surface area contributed by atoms with Gasteiger partial charge in [-0.1, -0.05) is 30.3 Å².